The van der Waals surface area contributed by atoms with Gasteiger partial charge in [-0.05, 0) is 6.92 Å². The Kier molecular flexibility index (Phi) is 1.46. The standard InChI is InChI=1S/C7H10N2O3/c1-3-5-4(2-12-6(5)10)9-7(11)8-3/h3-5H,2H2,1H3,(H2,8,9,11)/t3-,4-,5+/m1/s1. The number of carbonyl (C=O) groups excluding carboxylic acids is 2. The second-order valence-corrected chi connectivity index (χ2v) is 3.17. The van der Waals surface area contributed by atoms with Gasteiger partial charge in [0.25, 0.3) is 0 Å². The van der Waals surface area contributed by atoms with Crippen LogP contribution < -0.4 is 10.6 Å². The van der Waals surface area contributed by atoms with Gasteiger partial charge >= 0.3 is 12.0 Å². The minimum atomic E-state index is -0.222. The summed E-state index contributed by atoms with van der Waals surface area (Å²) in [5.74, 6) is -0.442. The first-order valence-electron chi connectivity index (χ1n) is 3.92. The quantitative estimate of drug-likeness (QED) is 0.469. The zero-order valence-corrected chi connectivity index (χ0v) is 6.66. The molecule has 2 N–H and O–H groups in total. The number of nitrogens with one attached hydrogen (secondary N) is 2. The van der Waals surface area contributed by atoms with Crippen molar-refractivity contribution in [1.82, 2.24) is 10.6 Å². The van der Waals surface area contributed by atoms with Gasteiger partial charge in [-0.3, -0.25) is 4.79 Å². The van der Waals surface area contributed by atoms with Gasteiger partial charge in [0.1, 0.15) is 12.5 Å². The van der Waals surface area contributed by atoms with Crippen LogP contribution in [0.1, 0.15) is 6.92 Å². The normalized spacial score (nSPS) is 39.6. The highest BCUT2D eigenvalue weighted by Gasteiger charge is 2.44. The number of carbonyl (C=O) groups is 2. The Morgan fingerprint density at radius 1 is 1.42 bits per heavy atom. The molecule has 0 aromatic heterocycles. The van der Waals surface area contributed by atoms with Crippen molar-refractivity contribution in [1.29, 1.82) is 0 Å². The van der Waals surface area contributed by atoms with Gasteiger partial charge in [-0.1, -0.05) is 0 Å². The van der Waals surface area contributed by atoms with E-state index >= 15 is 0 Å². The van der Waals surface area contributed by atoms with Gasteiger partial charge in [-0.25, -0.2) is 4.79 Å². The van der Waals surface area contributed by atoms with Crippen LogP contribution in [0.25, 0.3) is 0 Å². The molecule has 66 valence electrons. The smallest absolute Gasteiger partial charge is 0.315 e. The zero-order valence-electron chi connectivity index (χ0n) is 6.66. The molecule has 2 amide bonds. The largest absolute Gasteiger partial charge is 0.463 e. The predicted molar refractivity (Wildman–Crippen MR) is 39.4 cm³/mol. The summed E-state index contributed by atoms with van der Waals surface area (Å²) in [5.41, 5.74) is 0. The Morgan fingerprint density at radius 2 is 2.17 bits per heavy atom. The van der Waals surface area contributed by atoms with Crippen LogP contribution in [0, 0.1) is 5.92 Å². The molecule has 2 fully saturated rings. The molecule has 0 radical (unpaired) electrons. The molecular formula is C7H10N2O3. The number of esters is 1. The average Bonchev–Trinajstić information content (AvgIpc) is 2.31. The molecule has 0 spiro atoms. The number of hydrogen-bond donors (Lipinski definition) is 2. The van der Waals surface area contributed by atoms with Gasteiger partial charge in [0, 0.05) is 6.04 Å². The number of fused-ring (bicyclic) bond motifs is 1. The van der Waals surface area contributed by atoms with Crippen LogP contribution in [0.15, 0.2) is 0 Å². The van der Waals surface area contributed by atoms with E-state index in [4.69, 9.17) is 4.74 Å². The molecule has 0 bridgehead atoms. The topological polar surface area (TPSA) is 67.4 Å². The van der Waals surface area contributed by atoms with E-state index in [1.807, 2.05) is 6.92 Å². The maximum Gasteiger partial charge on any atom is 0.315 e. The molecule has 5 nitrogen and oxygen atoms in total. The molecule has 2 rings (SSSR count). The third-order valence-electron chi connectivity index (χ3n) is 2.32. The number of cyclic esters (lactones) is 1. The highest BCUT2D eigenvalue weighted by molar-refractivity contribution is 5.83. The Morgan fingerprint density at radius 3 is 2.92 bits per heavy atom. The van der Waals surface area contributed by atoms with Crippen LogP contribution in [0.3, 0.4) is 0 Å². The van der Waals surface area contributed by atoms with E-state index < -0.39 is 0 Å². The van der Waals surface area contributed by atoms with Crippen molar-refractivity contribution in [2.75, 3.05) is 6.61 Å². The third-order valence-corrected chi connectivity index (χ3v) is 2.32. The summed E-state index contributed by atoms with van der Waals surface area (Å²) >= 11 is 0. The summed E-state index contributed by atoms with van der Waals surface area (Å²) in [4.78, 5) is 22.0. The lowest BCUT2D eigenvalue weighted by atomic mass is 9.93. The molecule has 2 heterocycles. The Bertz CT molecular complexity index is 241. The Labute approximate surface area is 69.5 Å². The molecule has 5 heteroatoms. The molecule has 2 aliphatic heterocycles. The number of hydrogen-bond acceptors (Lipinski definition) is 3. The summed E-state index contributed by atoms with van der Waals surface area (Å²) in [6.07, 6.45) is 0. The predicted octanol–water partition coefficient (Wildman–Crippen LogP) is -0.771. The maximum atomic E-state index is 11.1. The monoisotopic (exact) mass is 170 g/mol. The van der Waals surface area contributed by atoms with E-state index in [-0.39, 0.29) is 30.0 Å². The van der Waals surface area contributed by atoms with Crippen molar-refractivity contribution in [2.24, 2.45) is 5.92 Å². The van der Waals surface area contributed by atoms with Crippen LogP contribution in [-0.2, 0) is 9.53 Å². The molecular weight excluding hydrogens is 160 g/mol. The molecule has 2 saturated heterocycles. The van der Waals surface area contributed by atoms with Gasteiger partial charge in [0.05, 0.1) is 6.04 Å². The molecule has 0 aromatic rings. The molecule has 0 saturated carbocycles. The van der Waals surface area contributed by atoms with Gasteiger partial charge in [0.2, 0.25) is 0 Å². The van der Waals surface area contributed by atoms with Crippen LogP contribution >= 0.6 is 0 Å². The molecule has 0 unspecified atom stereocenters. The number of amides is 2. The lowest BCUT2D eigenvalue weighted by molar-refractivity contribution is -0.141. The minimum Gasteiger partial charge on any atom is -0.463 e. The van der Waals surface area contributed by atoms with E-state index in [2.05, 4.69) is 10.6 Å². The van der Waals surface area contributed by atoms with Crippen LogP contribution in [0.5, 0.6) is 0 Å². The summed E-state index contributed by atoms with van der Waals surface area (Å²) in [6, 6.07) is -0.484. The zero-order chi connectivity index (χ0) is 8.72. The fourth-order valence-corrected chi connectivity index (χ4v) is 1.73. The van der Waals surface area contributed by atoms with Gasteiger partial charge in [-0.15, -0.1) is 0 Å². The lowest BCUT2D eigenvalue weighted by Gasteiger charge is -2.29. The fraction of sp³-hybridized carbons (Fsp3) is 0.714. The van der Waals surface area contributed by atoms with Crippen molar-refractivity contribution in [3.8, 4) is 0 Å². The third kappa shape index (κ3) is 0.929. The van der Waals surface area contributed by atoms with E-state index in [1.165, 1.54) is 0 Å². The number of urea groups is 1. The first-order valence-corrected chi connectivity index (χ1v) is 3.92. The summed E-state index contributed by atoms with van der Waals surface area (Å²) in [7, 11) is 0. The fourth-order valence-electron chi connectivity index (χ4n) is 1.73. The SMILES string of the molecule is C[C@H]1NC(=O)N[C@@H]2COC(=O)[C@@H]12. The second kappa shape index (κ2) is 2.36. The average molecular weight is 170 g/mol. The van der Waals surface area contributed by atoms with Crippen molar-refractivity contribution in [3.63, 3.8) is 0 Å². The molecule has 0 aliphatic carbocycles. The van der Waals surface area contributed by atoms with Crippen molar-refractivity contribution < 1.29 is 14.3 Å². The molecule has 3 atom stereocenters. The molecule has 2 aliphatic rings. The highest BCUT2D eigenvalue weighted by Crippen LogP contribution is 2.21. The molecule has 12 heavy (non-hydrogen) atoms. The van der Waals surface area contributed by atoms with E-state index in [0.717, 1.165) is 0 Å². The van der Waals surface area contributed by atoms with Crippen molar-refractivity contribution in [2.45, 2.75) is 19.0 Å². The summed E-state index contributed by atoms with van der Waals surface area (Å²) < 4.78 is 4.82. The van der Waals surface area contributed by atoms with E-state index in [1.54, 1.807) is 0 Å². The van der Waals surface area contributed by atoms with Gasteiger partial charge in [-0.2, -0.15) is 0 Å². The number of rotatable bonds is 0. The highest BCUT2D eigenvalue weighted by atomic mass is 16.5. The summed E-state index contributed by atoms with van der Waals surface area (Å²) in [6.45, 7) is 2.12. The maximum absolute atomic E-state index is 11.1. The Balaban J connectivity index is 2.19. The van der Waals surface area contributed by atoms with Crippen LogP contribution in [-0.4, -0.2) is 30.7 Å². The minimum absolute atomic E-state index is 0.126. The van der Waals surface area contributed by atoms with E-state index in [9.17, 15) is 9.59 Å². The van der Waals surface area contributed by atoms with Gasteiger partial charge in [0.15, 0.2) is 0 Å². The van der Waals surface area contributed by atoms with E-state index in [0.29, 0.717) is 6.61 Å². The summed E-state index contributed by atoms with van der Waals surface area (Å²) in [5, 5.41) is 5.27. The molecule has 0 aromatic carbocycles. The first-order chi connectivity index (χ1) is 5.68. The number of ether oxygens (including phenoxy) is 1. The first kappa shape index (κ1) is 7.39. The van der Waals surface area contributed by atoms with Crippen LogP contribution in [0.4, 0.5) is 4.79 Å². The van der Waals surface area contributed by atoms with Crippen molar-refractivity contribution >= 4 is 12.0 Å². The second-order valence-electron chi connectivity index (χ2n) is 3.17. The lowest BCUT2D eigenvalue weighted by Crippen LogP contribution is -2.59. The van der Waals surface area contributed by atoms with Gasteiger partial charge < -0.3 is 15.4 Å². The van der Waals surface area contributed by atoms with Crippen LogP contribution in [0.2, 0.25) is 0 Å². The van der Waals surface area contributed by atoms with Crippen molar-refractivity contribution in [3.05, 3.63) is 0 Å². The Hall–Kier alpha value is -1.26.